The predicted octanol–water partition coefficient (Wildman–Crippen LogP) is 2.32. The number of halogens is 1. The minimum absolute atomic E-state index is 0.0671. The van der Waals surface area contributed by atoms with E-state index >= 15 is 0 Å². The average molecular weight is 337 g/mol. The highest BCUT2D eigenvalue weighted by Crippen LogP contribution is 2.36. The van der Waals surface area contributed by atoms with Gasteiger partial charge in [0.2, 0.25) is 0 Å². The van der Waals surface area contributed by atoms with Crippen molar-refractivity contribution in [3.63, 3.8) is 0 Å². The van der Waals surface area contributed by atoms with Gasteiger partial charge in [-0.25, -0.2) is 4.98 Å². The maximum Gasteiger partial charge on any atom is 0.311 e. The van der Waals surface area contributed by atoms with Gasteiger partial charge in [0, 0.05) is 36.0 Å². The topological polar surface area (TPSA) is 71.3 Å². The van der Waals surface area contributed by atoms with E-state index < -0.39 is 0 Å². The van der Waals surface area contributed by atoms with Gasteiger partial charge >= 0.3 is 5.69 Å². The molecule has 2 heterocycles. The van der Waals surface area contributed by atoms with E-state index in [1.807, 2.05) is 18.2 Å². The molecule has 1 aromatic carbocycles. The maximum absolute atomic E-state index is 11.3. The fourth-order valence-electron chi connectivity index (χ4n) is 2.49. The second kappa shape index (κ2) is 5.34. The van der Waals surface area contributed by atoms with Gasteiger partial charge in [-0.05, 0) is 18.2 Å². The van der Waals surface area contributed by atoms with Crippen molar-refractivity contribution in [3.8, 4) is 0 Å². The number of aromatic nitrogens is 1. The summed E-state index contributed by atoms with van der Waals surface area (Å²) in [4.78, 5) is 17.2. The molecule has 0 aliphatic carbocycles. The summed E-state index contributed by atoms with van der Waals surface area (Å²) in [6.45, 7) is 3.17. The maximum atomic E-state index is 11.3. The summed E-state index contributed by atoms with van der Waals surface area (Å²) in [5.41, 5.74) is 1.51. The summed E-state index contributed by atoms with van der Waals surface area (Å²) in [7, 11) is 0. The Balaban J connectivity index is 2.25. The molecule has 6 nitrogen and oxygen atoms in total. The molecule has 20 heavy (non-hydrogen) atoms. The Hall–Kier alpha value is -1.73. The normalized spacial score (nSPS) is 15.6. The third kappa shape index (κ3) is 2.34. The number of hydrogen-bond acceptors (Lipinski definition) is 5. The van der Waals surface area contributed by atoms with Crippen LogP contribution in [0.4, 0.5) is 11.4 Å². The first-order valence-electron chi connectivity index (χ1n) is 6.35. The van der Waals surface area contributed by atoms with Crippen LogP contribution in [-0.4, -0.2) is 36.1 Å². The number of benzene rings is 1. The van der Waals surface area contributed by atoms with E-state index in [0.717, 1.165) is 41.6 Å². The Labute approximate surface area is 124 Å². The van der Waals surface area contributed by atoms with E-state index in [-0.39, 0.29) is 10.6 Å². The number of nitrogens with one attached hydrogen (secondary N) is 1. The average Bonchev–Trinajstić information content (AvgIpc) is 2.46. The Kier molecular flexibility index (Phi) is 3.54. The molecule has 2 aromatic rings. The van der Waals surface area contributed by atoms with Crippen LogP contribution in [0, 0.1) is 10.1 Å². The third-order valence-corrected chi connectivity index (χ3v) is 3.91. The van der Waals surface area contributed by atoms with Crippen LogP contribution in [0.15, 0.2) is 28.9 Å². The van der Waals surface area contributed by atoms with Gasteiger partial charge in [0.15, 0.2) is 0 Å². The van der Waals surface area contributed by atoms with Crippen molar-refractivity contribution in [2.24, 2.45) is 0 Å². The molecule has 7 heteroatoms. The number of hydrogen-bond donors (Lipinski definition) is 1. The lowest BCUT2D eigenvalue weighted by molar-refractivity contribution is -0.384. The Morgan fingerprint density at radius 2 is 2.10 bits per heavy atom. The number of piperazine rings is 1. The molecule has 0 bridgehead atoms. The zero-order chi connectivity index (χ0) is 14.1. The van der Waals surface area contributed by atoms with Gasteiger partial charge in [-0.2, -0.15) is 0 Å². The molecule has 0 atom stereocenters. The number of nitro groups is 1. The summed E-state index contributed by atoms with van der Waals surface area (Å²) in [6, 6.07) is 5.66. The van der Waals surface area contributed by atoms with Crippen LogP contribution in [0.5, 0.6) is 0 Å². The molecule has 0 radical (unpaired) electrons. The summed E-state index contributed by atoms with van der Waals surface area (Å²) in [5, 5.41) is 15.4. The van der Waals surface area contributed by atoms with Crippen LogP contribution in [0.25, 0.3) is 10.9 Å². The van der Waals surface area contributed by atoms with E-state index in [9.17, 15) is 10.1 Å². The zero-order valence-corrected chi connectivity index (χ0v) is 12.3. The van der Waals surface area contributed by atoms with Gasteiger partial charge in [0.25, 0.3) is 0 Å². The summed E-state index contributed by atoms with van der Waals surface area (Å²) in [6.07, 6.45) is 1.35. The zero-order valence-electron chi connectivity index (χ0n) is 10.7. The fraction of sp³-hybridized carbons (Fsp3) is 0.308. The number of rotatable bonds is 2. The second-order valence-corrected chi connectivity index (χ2v) is 5.56. The van der Waals surface area contributed by atoms with Gasteiger partial charge in [0.1, 0.15) is 11.9 Å². The van der Waals surface area contributed by atoms with Crippen LogP contribution in [-0.2, 0) is 0 Å². The number of anilines is 1. The molecular formula is C13H13BrN4O2. The standard InChI is InChI=1S/C13H13BrN4O2/c14-9-1-2-11-10(7-9)13(12(8-16-11)18(19)20)17-5-3-15-4-6-17/h1-2,7-8,15H,3-6H2. The number of nitrogens with zero attached hydrogens (tertiary/aromatic N) is 3. The minimum atomic E-state index is -0.356. The lowest BCUT2D eigenvalue weighted by atomic mass is 10.1. The molecule has 0 spiro atoms. The van der Waals surface area contributed by atoms with Gasteiger partial charge in [-0.1, -0.05) is 15.9 Å². The van der Waals surface area contributed by atoms with Gasteiger partial charge < -0.3 is 10.2 Å². The van der Waals surface area contributed by atoms with E-state index in [4.69, 9.17) is 0 Å². The van der Waals surface area contributed by atoms with Crippen molar-refractivity contribution in [3.05, 3.63) is 39.0 Å². The Morgan fingerprint density at radius 3 is 2.80 bits per heavy atom. The Bertz CT molecular complexity index is 671. The largest absolute Gasteiger partial charge is 0.363 e. The molecule has 1 aromatic heterocycles. The molecule has 1 saturated heterocycles. The quantitative estimate of drug-likeness (QED) is 0.673. The second-order valence-electron chi connectivity index (χ2n) is 4.65. The third-order valence-electron chi connectivity index (χ3n) is 3.41. The van der Waals surface area contributed by atoms with Crippen LogP contribution in [0.2, 0.25) is 0 Å². The Morgan fingerprint density at radius 1 is 1.35 bits per heavy atom. The van der Waals surface area contributed by atoms with Crippen LogP contribution < -0.4 is 10.2 Å². The molecule has 104 valence electrons. The summed E-state index contributed by atoms with van der Waals surface area (Å²) in [5.74, 6) is 0. The van der Waals surface area contributed by atoms with Crippen LogP contribution in [0.3, 0.4) is 0 Å². The van der Waals surface area contributed by atoms with Gasteiger partial charge in [-0.15, -0.1) is 0 Å². The fourth-order valence-corrected chi connectivity index (χ4v) is 2.86. The lowest BCUT2D eigenvalue weighted by Crippen LogP contribution is -2.43. The van der Waals surface area contributed by atoms with Crippen molar-refractivity contribution >= 4 is 38.2 Å². The van der Waals surface area contributed by atoms with E-state index in [0.29, 0.717) is 5.69 Å². The molecule has 0 amide bonds. The molecular weight excluding hydrogens is 324 g/mol. The van der Waals surface area contributed by atoms with E-state index in [1.165, 1.54) is 6.20 Å². The molecule has 3 rings (SSSR count). The molecule has 1 aliphatic rings. The molecule has 1 N–H and O–H groups in total. The molecule has 1 fully saturated rings. The van der Waals surface area contributed by atoms with E-state index in [2.05, 4.69) is 31.1 Å². The van der Waals surface area contributed by atoms with E-state index in [1.54, 1.807) is 0 Å². The van der Waals surface area contributed by atoms with Crippen molar-refractivity contribution in [1.82, 2.24) is 10.3 Å². The monoisotopic (exact) mass is 336 g/mol. The first-order chi connectivity index (χ1) is 9.66. The van der Waals surface area contributed by atoms with Crippen molar-refractivity contribution in [2.75, 3.05) is 31.1 Å². The van der Waals surface area contributed by atoms with Crippen molar-refractivity contribution in [1.29, 1.82) is 0 Å². The highest BCUT2D eigenvalue weighted by atomic mass is 79.9. The highest BCUT2D eigenvalue weighted by molar-refractivity contribution is 9.10. The van der Waals surface area contributed by atoms with Crippen LogP contribution in [0.1, 0.15) is 0 Å². The van der Waals surface area contributed by atoms with Gasteiger partial charge in [-0.3, -0.25) is 10.1 Å². The minimum Gasteiger partial charge on any atom is -0.363 e. The first-order valence-corrected chi connectivity index (χ1v) is 7.14. The molecule has 0 saturated carbocycles. The molecule has 0 unspecified atom stereocenters. The van der Waals surface area contributed by atoms with Gasteiger partial charge in [0.05, 0.1) is 10.4 Å². The summed E-state index contributed by atoms with van der Waals surface area (Å²) >= 11 is 3.42. The SMILES string of the molecule is O=[N+]([O-])c1cnc2ccc(Br)cc2c1N1CCNCC1. The first kappa shape index (κ1) is 13.3. The number of fused-ring (bicyclic) bond motifs is 1. The lowest BCUT2D eigenvalue weighted by Gasteiger charge is -2.29. The van der Waals surface area contributed by atoms with Crippen LogP contribution >= 0.6 is 15.9 Å². The van der Waals surface area contributed by atoms with Crippen molar-refractivity contribution in [2.45, 2.75) is 0 Å². The molecule has 1 aliphatic heterocycles. The summed E-state index contributed by atoms with van der Waals surface area (Å²) < 4.78 is 0.892. The van der Waals surface area contributed by atoms with Crippen molar-refractivity contribution < 1.29 is 4.92 Å². The highest BCUT2D eigenvalue weighted by Gasteiger charge is 2.24. The predicted molar refractivity (Wildman–Crippen MR) is 81.2 cm³/mol. The number of pyridine rings is 1. The smallest absolute Gasteiger partial charge is 0.311 e.